The molecule has 2 aromatic carbocycles. The number of pyridine rings is 1. The number of fused-ring (bicyclic) bond motifs is 1. The minimum Gasteiger partial charge on any atom is -0.481 e. The van der Waals surface area contributed by atoms with Gasteiger partial charge in [-0.2, -0.15) is 0 Å². The first kappa shape index (κ1) is 24.6. The molecule has 2 aromatic heterocycles. The van der Waals surface area contributed by atoms with E-state index in [1.165, 1.54) is 0 Å². The Morgan fingerprint density at radius 1 is 1.11 bits per heavy atom. The van der Waals surface area contributed by atoms with E-state index in [4.69, 9.17) is 4.74 Å². The fourth-order valence-electron chi connectivity index (χ4n) is 5.24. The van der Waals surface area contributed by atoms with Crippen LogP contribution in [0.25, 0.3) is 16.7 Å². The molecule has 1 fully saturated rings. The topological polar surface area (TPSA) is 89.6 Å². The molecule has 2 atom stereocenters. The number of ether oxygens (including phenoxy) is 1. The van der Waals surface area contributed by atoms with Gasteiger partial charge in [0.15, 0.2) is 0 Å². The summed E-state index contributed by atoms with van der Waals surface area (Å²) in [5.41, 5.74) is 4.89. The minimum absolute atomic E-state index is 0.170. The van der Waals surface area contributed by atoms with Gasteiger partial charge in [0.2, 0.25) is 5.88 Å². The molecule has 8 heteroatoms. The van der Waals surface area contributed by atoms with Crippen LogP contribution in [0.2, 0.25) is 0 Å². The molecule has 0 amide bonds. The minimum atomic E-state index is -0.735. The molecule has 0 spiro atoms. The van der Waals surface area contributed by atoms with Crippen molar-refractivity contribution in [3.05, 3.63) is 82.4 Å². The van der Waals surface area contributed by atoms with Gasteiger partial charge in [-0.15, -0.1) is 0 Å². The lowest BCUT2D eigenvalue weighted by Gasteiger charge is -2.37. The van der Waals surface area contributed by atoms with Gasteiger partial charge < -0.3 is 14.7 Å². The van der Waals surface area contributed by atoms with Gasteiger partial charge in [0, 0.05) is 37.9 Å². The number of imidazole rings is 1. The van der Waals surface area contributed by atoms with Crippen molar-refractivity contribution in [2.45, 2.75) is 33.3 Å². The van der Waals surface area contributed by atoms with Gasteiger partial charge >= 0.3 is 11.7 Å². The van der Waals surface area contributed by atoms with Crippen LogP contribution >= 0.6 is 0 Å². The van der Waals surface area contributed by atoms with E-state index in [0.29, 0.717) is 18.2 Å². The SMILES string of the molecule is Cc1ccc(-n2c(=O)n(C)c3cc(N4CC[C@@H](CC(=O)O)[C@@H](C)C4)ccc32)c(OCc2ccccc2)n1. The van der Waals surface area contributed by atoms with E-state index in [1.807, 2.05) is 67.6 Å². The van der Waals surface area contributed by atoms with Gasteiger partial charge in [0.25, 0.3) is 0 Å². The molecule has 0 aliphatic carbocycles. The van der Waals surface area contributed by atoms with E-state index in [9.17, 15) is 14.7 Å². The lowest BCUT2D eigenvalue weighted by Crippen LogP contribution is -2.40. The van der Waals surface area contributed by atoms with Crippen molar-refractivity contribution in [2.24, 2.45) is 18.9 Å². The number of carboxylic acid groups (broad SMARTS) is 1. The van der Waals surface area contributed by atoms with Crippen LogP contribution in [0.3, 0.4) is 0 Å². The number of carbonyl (C=O) groups is 1. The van der Waals surface area contributed by atoms with E-state index in [1.54, 1.807) is 16.2 Å². The summed E-state index contributed by atoms with van der Waals surface area (Å²) in [6, 6.07) is 19.7. The Hall–Kier alpha value is -4.07. The number of hydrogen-bond donors (Lipinski definition) is 1. The quantitative estimate of drug-likeness (QED) is 0.401. The van der Waals surface area contributed by atoms with Crippen LogP contribution in [-0.2, 0) is 18.4 Å². The molecule has 1 aliphatic heterocycles. The molecule has 1 N–H and O–H groups in total. The first-order chi connectivity index (χ1) is 17.8. The van der Waals surface area contributed by atoms with Crippen molar-refractivity contribution >= 4 is 22.7 Å². The van der Waals surface area contributed by atoms with Gasteiger partial charge in [0.05, 0.1) is 11.0 Å². The van der Waals surface area contributed by atoms with Gasteiger partial charge in [-0.05, 0) is 61.1 Å². The summed E-state index contributed by atoms with van der Waals surface area (Å²) < 4.78 is 9.42. The van der Waals surface area contributed by atoms with Crippen LogP contribution in [0.4, 0.5) is 5.69 Å². The highest BCUT2D eigenvalue weighted by molar-refractivity contribution is 5.82. The smallest absolute Gasteiger partial charge is 0.333 e. The number of carboxylic acids is 1. The normalized spacial score (nSPS) is 17.8. The van der Waals surface area contributed by atoms with Crippen molar-refractivity contribution in [1.82, 2.24) is 14.1 Å². The lowest BCUT2D eigenvalue weighted by atomic mass is 9.84. The molecule has 1 saturated heterocycles. The Balaban J connectivity index is 1.48. The maximum Gasteiger partial charge on any atom is 0.333 e. The van der Waals surface area contributed by atoms with Crippen molar-refractivity contribution in [2.75, 3.05) is 18.0 Å². The average molecular weight is 501 g/mol. The zero-order valence-electron chi connectivity index (χ0n) is 21.4. The van der Waals surface area contributed by atoms with Gasteiger partial charge in [-0.1, -0.05) is 37.3 Å². The number of aromatic nitrogens is 3. The molecule has 1 aliphatic rings. The maximum absolute atomic E-state index is 13.5. The van der Waals surface area contributed by atoms with Crippen LogP contribution in [0, 0.1) is 18.8 Å². The first-order valence-electron chi connectivity index (χ1n) is 12.6. The summed E-state index contributed by atoms with van der Waals surface area (Å²) >= 11 is 0. The number of aliphatic carboxylic acids is 1. The Kier molecular flexibility index (Phi) is 6.74. The van der Waals surface area contributed by atoms with E-state index >= 15 is 0 Å². The molecule has 0 bridgehead atoms. The maximum atomic E-state index is 13.5. The second kappa shape index (κ2) is 10.1. The standard InChI is InChI=1S/C29H32N4O4/c1-19-17-32(14-13-22(19)15-27(34)35)23-10-12-24-26(16-23)31(3)29(36)33(24)25-11-9-20(2)30-28(25)37-18-21-7-5-4-6-8-21/h4-12,16,19,22H,13-15,17-18H2,1-3H3,(H,34,35)/t19-,22-/m0/s1. The van der Waals surface area contributed by atoms with Crippen LogP contribution in [0.15, 0.2) is 65.5 Å². The molecule has 192 valence electrons. The zero-order valence-corrected chi connectivity index (χ0v) is 21.4. The van der Waals surface area contributed by atoms with E-state index in [-0.39, 0.29) is 23.9 Å². The number of nitrogens with zero attached hydrogens (tertiary/aromatic N) is 4. The molecule has 5 rings (SSSR count). The van der Waals surface area contributed by atoms with Crippen molar-refractivity contribution in [3.63, 3.8) is 0 Å². The highest BCUT2D eigenvalue weighted by Gasteiger charge is 2.28. The number of anilines is 1. The van der Waals surface area contributed by atoms with E-state index < -0.39 is 5.97 Å². The second-order valence-electron chi connectivity index (χ2n) is 9.97. The summed E-state index contributed by atoms with van der Waals surface area (Å²) in [6.07, 6.45) is 1.05. The van der Waals surface area contributed by atoms with Gasteiger partial charge in [0.1, 0.15) is 12.3 Å². The summed E-state index contributed by atoms with van der Waals surface area (Å²) in [4.78, 5) is 31.5. The lowest BCUT2D eigenvalue weighted by molar-refractivity contribution is -0.138. The zero-order chi connectivity index (χ0) is 26.1. The Morgan fingerprint density at radius 3 is 2.62 bits per heavy atom. The summed E-state index contributed by atoms with van der Waals surface area (Å²) in [6.45, 7) is 5.95. The first-order valence-corrected chi connectivity index (χ1v) is 12.6. The molecular formula is C29H32N4O4. The third kappa shape index (κ3) is 4.96. The number of benzene rings is 2. The molecular weight excluding hydrogens is 468 g/mol. The third-order valence-electron chi connectivity index (χ3n) is 7.36. The fourth-order valence-corrected chi connectivity index (χ4v) is 5.24. The third-order valence-corrected chi connectivity index (χ3v) is 7.36. The molecule has 0 radical (unpaired) electrons. The van der Waals surface area contributed by atoms with Crippen LogP contribution in [0.5, 0.6) is 5.88 Å². The second-order valence-corrected chi connectivity index (χ2v) is 9.97. The molecule has 37 heavy (non-hydrogen) atoms. The molecule has 8 nitrogen and oxygen atoms in total. The number of rotatable bonds is 7. The predicted octanol–water partition coefficient (Wildman–Crippen LogP) is 4.55. The van der Waals surface area contributed by atoms with Gasteiger partial charge in [-0.25, -0.2) is 9.78 Å². The number of piperidine rings is 1. The molecule has 4 aromatic rings. The molecule has 0 saturated carbocycles. The number of aryl methyl sites for hydroxylation is 2. The van der Waals surface area contributed by atoms with Crippen molar-refractivity contribution < 1.29 is 14.6 Å². The molecule has 3 heterocycles. The Labute approximate surface area is 215 Å². The monoisotopic (exact) mass is 500 g/mol. The largest absolute Gasteiger partial charge is 0.481 e. The van der Waals surface area contributed by atoms with E-state index in [2.05, 4.69) is 16.8 Å². The van der Waals surface area contributed by atoms with Crippen LogP contribution < -0.4 is 15.3 Å². The summed E-state index contributed by atoms with van der Waals surface area (Å²) in [5, 5.41) is 9.20. The van der Waals surface area contributed by atoms with E-state index in [0.717, 1.165) is 47.5 Å². The highest BCUT2D eigenvalue weighted by Crippen LogP contribution is 2.32. The summed E-state index contributed by atoms with van der Waals surface area (Å²) in [7, 11) is 1.78. The predicted molar refractivity (Wildman–Crippen MR) is 144 cm³/mol. The van der Waals surface area contributed by atoms with Crippen molar-refractivity contribution in [3.8, 4) is 11.6 Å². The van der Waals surface area contributed by atoms with Crippen LogP contribution in [-0.4, -0.2) is 38.3 Å². The number of hydrogen-bond acceptors (Lipinski definition) is 5. The van der Waals surface area contributed by atoms with Crippen molar-refractivity contribution in [1.29, 1.82) is 0 Å². The average Bonchev–Trinajstić information content (AvgIpc) is 3.13. The fraction of sp³-hybridized carbons (Fsp3) is 0.345. The molecule has 0 unspecified atom stereocenters. The Morgan fingerprint density at radius 2 is 1.89 bits per heavy atom. The summed E-state index contributed by atoms with van der Waals surface area (Å²) in [5.74, 6) is 0.140. The highest BCUT2D eigenvalue weighted by atomic mass is 16.5. The Bertz CT molecular complexity index is 1490. The van der Waals surface area contributed by atoms with Gasteiger partial charge in [-0.3, -0.25) is 13.9 Å². The van der Waals surface area contributed by atoms with Crippen LogP contribution in [0.1, 0.15) is 31.0 Å².